The number of hydrogen-bond donors (Lipinski definition) is 2. The van der Waals surface area contributed by atoms with Gasteiger partial charge in [0.15, 0.2) is 0 Å². The number of thiazole rings is 1. The molecule has 0 aliphatic heterocycles. The first-order valence-electron chi connectivity index (χ1n) is 7.80. The number of carbonyl (C=O) groups is 2. The number of aromatic nitrogens is 1. The fourth-order valence-electron chi connectivity index (χ4n) is 2.63. The summed E-state index contributed by atoms with van der Waals surface area (Å²) in [6.45, 7) is 1.45. The molecular weight excluding hydrogens is 369 g/mol. The van der Waals surface area contributed by atoms with E-state index in [-0.39, 0.29) is 22.2 Å². The minimum Gasteiger partial charge on any atom is -0.480 e. The van der Waals surface area contributed by atoms with Crippen LogP contribution in [0.15, 0.2) is 29.6 Å². The molecule has 5 nitrogen and oxygen atoms in total. The molecule has 0 radical (unpaired) electrons. The van der Waals surface area contributed by atoms with Crippen molar-refractivity contribution < 1.29 is 27.9 Å². The van der Waals surface area contributed by atoms with Crippen LogP contribution >= 0.6 is 11.3 Å². The molecule has 26 heavy (non-hydrogen) atoms. The first-order valence-corrected chi connectivity index (χ1v) is 8.68. The van der Waals surface area contributed by atoms with Crippen molar-refractivity contribution in [2.75, 3.05) is 0 Å². The van der Waals surface area contributed by atoms with Gasteiger partial charge >= 0.3 is 12.1 Å². The fraction of sp³-hybridized carbons (Fsp3) is 0.353. The second-order valence-corrected chi connectivity index (χ2v) is 7.21. The third-order valence-electron chi connectivity index (χ3n) is 4.38. The molecule has 3 rings (SSSR count). The van der Waals surface area contributed by atoms with Crippen molar-refractivity contribution in [3.63, 3.8) is 0 Å². The lowest BCUT2D eigenvalue weighted by Gasteiger charge is -2.25. The smallest absolute Gasteiger partial charge is 0.416 e. The van der Waals surface area contributed by atoms with Crippen molar-refractivity contribution in [1.82, 2.24) is 10.3 Å². The summed E-state index contributed by atoms with van der Waals surface area (Å²) in [6, 6.07) is 4.67. The van der Waals surface area contributed by atoms with E-state index in [1.165, 1.54) is 24.4 Å². The summed E-state index contributed by atoms with van der Waals surface area (Å²) in [4.78, 5) is 27.9. The van der Waals surface area contributed by atoms with E-state index in [4.69, 9.17) is 0 Å². The van der Waals surface area contributed by atoms with E-state index in [2.05, 4.69) is 10.3 Å². The topological polar surface area (TPSA) is 79.3 Å². The van der Waals surface area contributed by atoms with E-state index in [1.54, 1.807) is 0 Å². The second kappa shape index (κ2) is 6.39. The predicted molar refractivity (Wildman–Crippen MR) is 88.8 cm³/mol. The zero-order chi connectivity index (χ0) is 19.1. The third kappa shape index (κ3) is 3.57. The van der Waals surface area contributed by atoms with Crippen molar-refractivity contribution in [1.29, 1.82) is 0 Å². The average Bonchev–Trinajstić information content (AvgIpc) is 3.31. The van der Waals surface area contributed by atoms with E-state index >= 15 is 0 Å². The molecule has 0 unspecified atom stereocenters. The van der Waals surface area contributed by atoms with Crippen LogP contribution in [0.1, 0.15) is 35.8 Å². The number of nitrogens with one attached hydrogen (secondary N) is 1. The van der Waals surface area contributed by atoms with Crippen LogP contribution < -0.4 is 5.32 Å². The molecule has 0 bridgehead atoms. The number of carboxylic acid groups (broad SMARTS) is 1. The third-order valence-corrected chi connectivity index (χ3v) is 5.28. The molecule has 9 heteroatoms. The standard InChI is InChI=1S/C17H15F3N2O3S/c1-16(15(24)25,10-5-6-10)22-13(23)12-8-26-14(21-12)9-3-2-4-11(7-9)17(18,19)20/h2-4,7-8,10H,5-6H2,1H3,(H,22,23)(H,24,25)/t16-/m1/s1. The SMILES string of the molecule is C[C@](NC(=O)c1csc(-c2cccc(C(F)(F)F)c2)n1)(C(=O)O)C1CC1. The molecule has 138 valence electrons. The Kier molecular flexibility index (Phi) is 4.51. The van der Waals surface area contributed by atoms with Gasteiger partial charge in [0.05, 0.1) is 5.56 Å². The molecule has 1 aromatic carbocycles. The molecule has 2 N–H and O–H groups in total. The first-order chi connectivity index (χ1) is 12.1. The van der Waals surface area contributed by atoms with Gasteiger partial charge in [-0.05, 0) is 37.8 Å². The highest BCUT2D eigenvalue weighted by Gasteiger charge is 2.48. The van der Waals surface area contributed by atoms with Gasteiger partial charge in [0, 0.05) is 10.9 Å². The molecule has 1 aromatic heterocycles. The van der Waals surface area contributed by atoms with Crippen molar-refractivity contribution >= 4 is 23.2 Å². The van der Waals surface area contributed by atoms with E-state index in [0.29, 0.717) is 0 Å². The highest BCUT2D eigenvalue weighted by atomic mass is 32.1. The van der Waals surface area contributed by atoms with E-state index in [1.807, 2.05) is 0 Å². The number of aliphatic carboxylic acids is 1. The Morgan fingerprint density at radius 3 is 2.58 bits per heavy atom. The van der Waals surface area contributed by atoms with Crippen molar-refractivity contribution in [2.45, 2.75) is 31.5 Å². The van der Waals surface area contributed by atoms with Gasteiger partial charge in [0.25, 0.3) is 5.91 Å². The van der Waals surface area contributed by atoms with Gasteiger partial charge in [-0.15, -0.1) is 11.3 Å². The summed E-state index contributed by atoms with van der Waals surface area (Å²) in [5, 5.41) is 13.5. The fourth-order valence-corrected chi connectivity index (χ4v) is 3.43. The predicted octanol–water partition coefficient (Wildman–Crippen LogP) is 3.81. The average molecular weight is 384 g/mol. The molecule has 1 aliphatic rings. The molecule has 1 fully saturated rings. The molecule has 1 heterocycles. The van der Waals surface area contributed by atoms with E-state index in [9.17, 15) is 27.9 Å². The van der Waals surface area contributed by atoms with Gasteiger partial charge in [0.1, 0.15) is 16.2 Å². The molecule has 1 atom stereocenters. The minimum absolute atomic E-state index is 0.0180. The maximum absolute atomic E-state index is 12.8. The summed E-state index contributed by atoms with van der Waals surface area (Å²) < 4.78 is 38.5. The molecule has 0 spiro atoms. The number of nitrogens with zero attached hydrogens (tertiary/aromatic N) is 1. The summed E-state index contributed by atoms with van der Waals surface area (Å²) >= 11 is 1.02. The Balaban J connectivity index is 1.82. The van der Waals surface area contributed by atoms with Crippen LogP contribution in [0, 0.1) is 5.92 Å². The van der Waals surface area contributed by atoms with Crippen molar-refractivity contribution in [3.8, 4) is 10.6 Å². The normalized spacial score (nSPS) is 16.8. The zero-order valence-electron chi connectivity index (χ0n) is 13.6. The molecule has 1 amide bonds. The number of benzene rings is 1. The van der Waals surface area contributed by atoms with Crippen molar-refractivity contribution in [2.24, 2.45) is 5.92 Å². The number of amides is 1. The zero-order valence-corrected chi connectivity index (χ0v) is 14.4. The van der Waals surface area contributed by atoms with Gasteiger partial charge in [-0.25, -0.2) is 9.78 Å². The quantitative estimate of drug-likeness (QED) is 0.822. The number of rotatable bonds is 5. The summed E-state index contributed by atoms with van der Waals surface area (Å²) in [5.41, 5.74) is -1.96. The summed E-state index contributed by atoms with van der Waals surface area (Å²) in [7, 11) is 0. The van der Waals surface area contributed by atoms with Crippen LogP contribution in [0.4, 0.5) is 13.2 Å². The van der Waals surface area contributed by atoms with Crippen LogP contribution in [-0.4, -0.2) is 27.5 Å². The maximum atomic E-state index is 12.8. The van der Waals surface area contributed by atoms with Crippen LogP contribution in [0.25, 0.3) is 10.6 Å². The largest absolute Gasteiger partial charge is 0.480 e. The molecular formula is C17H15F3N2O3S. The van der Waals surface area contributed by atoms with Crippen LogP contribution in [0.2, 0.25) is 0 Å². The van der Waals surface area contributed by atoms with Crippen LogP contribution in [0.5, 0.6) is 0 Å². The number of alkyl halides is 3. The molecule has 2 aromatic rings. The number of halogens is 3. The Morgan fingerprint density at radius 1 is 1.31 bits per heavy atom. The monoisotopic (exact) mass is 384 g/mol. The Hall–Kier alpha value is -2.42. The number of carboxylic acids is 1. The minimum atomic E-state index is -4.47. The lowest BCUT2D eigenvalue weighted by molar-refractivity contribution is -0.144. The summed E-state index contributed by atoms with van der Waals surface area (Å²) in [6.07, 6.45) is -3.04. The van der Waals surface area contributed by atoms with Crippen LogP contribution in [-0.2, 0) is 11.0 Å². The number of hydrogen-bond acceptors (Lipinski definition) is 4. The maximum Gasteiger partial charge on any atom is 0.416 e. The summed E-state index contributed by atoms with van der Waals surface area (Å²) in [5.74, 6) is -1.91. The van der Waals surface area contributed by atoms with Gasteiger partial charge in [-0.3, -0.25) is 4.79 Å². The molecule has 0 saturated heterocycles. The first kappa shape index (κ1) is 18.4. The van der Waals surface area contributed by atoms with Crippen molar-refractivity contribution in [3.05, 3.63) is 40.9 Å². The van der Waals surface area contributed by atoms with E-state index < -0.39 is 29.2 Å². The molecule has 1 aliphatic carbocycles. The Labute approximate surface area is 150 Å². The van der Waals surface area contributed by atoms with Gasteiger partial charge in [-0.2, -0.15) is 13.2 Å². The van der Waals surface area contributed by atoms with E-state index in [0.717, 1.165) is 36.3 Å². The lowest BCUT2D eigenvalue weighted by atomic mass is 9.96. The highest BCUT2D eigenvalue weighted by Crippen LogP contribution is 2.40. The van der Waals surface area contributed by atoms with Gasteiger partial charge < -0.3 is 10.4 Å². The van der Waals surface area contributed by atoms with Gasteiger partial charge in [-0.1, -0.05) is 12.1 Å². The number of carbonyl (C=O) groups excluding carboxylic acids is 1. The lowest BCUT2D eigenvalue weighted by Crippen LogP contribution is -2.54. The van der Waals surface area contributed by atoms with Gasteiger partial charge in [0.2, 0.25) is 0 Å². The second-order valence-electron chi connectivity index (χ2n) is 6.35. The molecule has 1 saturated carbocycles. The Morgan fingerprint density at radius 2 is 2.00 bits per heavy atom. The highest BCUT2D eigenvalue weighted by molar-refractivity contribution is 7.13. The van der Waals surface area contributed by atoms with Crippen LogP contribution in [0.3, 0.4) is 0 Å². The Bertz CT molecular complexity index is 861.